The van der Waals surface area contributed by atoms with Crippen molar-refractivity contribution < 1.29 is 14.2 Å². The maximum absolute atomic E-state index is 5.87. The number of imidazole rings is 1. The summed E-state index contributed by atoms with van der Waals surface area (Å²) in [6, 6.07) is 25.2. The predicted octanol–water partition coefficient (Wildman–Crippen LogP) is 6.64. The van der Waals surface area contributed by atoms with E-state index in [2.05, 4.69) is 84.0 Å². The molecule has 4 aromatic rings. The highest BCUT2D eigenvalue weighted by molar-refractivity contribution is 5.57. The Labute approximate surface area is 225 Å². The number of rotatable bonds is 11. The van der Waals surface area contributed by atoms with Crippen LogP contribution in [0.4, 0.5) is 0 Å². The highest BCUT2D eigenvalue weighted by atomic mass is 16.6. The van der Waals surface area contributed by atoms with Crippen LogP contribution in [0.5, 0.6) is 17.2 Å². The van der Waals surface area contributed by atoms with E-state index in [1.807, 2.05) is 19.1 Å². The van der Waals surface area contributed by atoms with Gasteiger partial charge in [-0.3, -0.25) is 4.90 Å². The zero-order valence-corrected chi connectivity index (χ0v) is 22.7. The summed E-state index contributed by atoms with van der Waals surface area (Å²) < 4.78 is 19.8. The number of fused-ring (bicyclic) bond motifs is 1. The van der Waals surface area contributed by atoms with E-state index in [-0.39, 0.29) is 0 Å². The van der Waals surface area contributed by atoms with Crippen molar-refractivity contribution in [1.29, 1.82) is 0 Å². The third-order valence-corrected chi connectivity index (χ3v) is 6.75. The number of aryl methyl sites for hydroxylation is 1. The molecule has 0 spiro atoms. The van der Waals surface area contributed by atoms with Gasteiger partial charge in [-0.25, -0.2) is 4.98 Å². The molecule has 0 saturated heterocycles. The number of nitrogens with zero attached hydrogens (tertiary/aromatic N) is 3. The van der Waals surface area contributed by atoms with Crippen LogP contribution in [-0.2, 0) is 26.2 Å². The molecule has 6 heteroatoms. The van der Waals surface area contributed by atoms with E-state index in [1.165, 1.54) is 16.8 Å². The van der Waals surface area contributed by atoms with Crippen molar-refractivity contribution in [2.24, 2.45) is 0 Å². The Kier molecular flexibility index (Phi) is 8.29. The van der Waals surface area contributed by atoms with Crippen LogP contribution in [0, 0.1) is 6.92 Å². The maximum atomic E-state index is 5.87. The van der Waals surface area contributed by atoms with Crippen LogP contribution in [0.25, 0.3) is 11.4 Å². The second-order valence-corrected chi connectivity index (χ2v) is 9.69. The van der Waals surface area contributed by atoms with Crippen LogP contribution in [0.1, 0.15) is 42.8 Å². The average molecular weight is 512 g/mol. The Bertz CT molecular complexity index is 1350. The molecular weight excluding hydrogens is 474 g/mol. The predicted molar refractivity (Wildman–Crippen MR) is 151 cm³/mol. The van der Waals surface area contributed by atoms with Gasteiger partial charge in [-0.15, -0.1) is 0 Å². The highest BCUT2D eigenvalue weighted by Gasteiger charge is 2.20. The minimum atomic E-state index is 0.585. The molecule has 1 aromatic heterocycles. The summed E-state index contributed by atoms with van der Waals surface area (Å²) in [6.45, 7) is 11.5. The highest BCUT2D eigenvalue weighted by Crippen LogP contribution is 2.32. The van der Waals surface area contributed by atoms with E-state index in [9.17, 15) is 0 Å². The number of ether oxygens (including phenoxy) is 3. The number of aromatic nitrogens is 2. The second kappa shape index (κ2) is 12.2. The van der Waals surface area contributed by atoms with Crippen molar-refractivity contribution in [2.45, 2.75) is 53.4 Å². The quantitative estimate of drug-likeness (QED) is 0.226. The van der Waals surface area contributed by atoms with Crippen molar-refractivity contribution in [3.05, 3.63) is 95.3 Å². The summed E-state index contributed by atoms with van der Waals surface area (Å²) in [4.78, 5) is 7.52. The molecule has 38 heavy (non-hydrogen) atoms. The largest absolute Gasteiger partial charge is 0.494 e. The summed E-state index contributed by atoms with van der Waals surface area (Å²) in [5, 5.41) is 0. The first-order valence-corrected chi connectivity index (χ1v) is 13.6. The van der Waals surface area contributed by atoms with Gasteiger partial charge < -0.3 is 18.8 Å². The first-order valence-electron chi connectivity index (χ1n) is 13.6. The molecule has 0 N–H and O–H groups in total. The van der Waals surface area contributed by atoms with Gasteiger partial charge in [-0.2, -0.15) is 0 Å². The van der Waals surface area contributed by atoms with Gasteiger partial charge in [0.1, 0.15) is 24.8 Å². The number of hydrogen-bond acceptors (Lipinski definition) is 5. The molecule has 0 fully saturated rings. The molecule has 198 valence electrons. The summed E-state index contributed by atoms with van der Waals surface area (Å²) in [6.07, 6.45) is 1.04. The van der Waals surface area contributed by atoms with Crippen LogP contribution in [0.2, 0.25) is 0 Å². The molecule has 0 aliphatic carbocycles. The zero-order chi connectivity index (χ0) is 26.3. The Morgan fingerprint density at radius 2 is 1.61 bits per heavy atom. The normalized spacial score (nSPS) is 12.6. The molecule has 2 heterocycles. The Hall–Kier alpha value is -3.77. The molecule has 0 bridgehead atoms. The molecule has 0 amide bonds. The van der Waals surface area contributed by atoms with E-state index in [4.69, 9.17) is 19.2 Å². The lowest BCUT2D eigenvalue weighted by atomic mass is 10.1. The molecule has 0 radical (unpaired) electrons. The third-order valence-electron chi connectivity index (χ3n) is 6.75. The molecule has 0 atom stereocenters. The first-order chi connectivity index (χ1) is 18.6. The maximum Gasteiger partial charge on any atom is 0.161 e. The average Bonchev–Trinajstić information content (AvgIpc) is 3.24. The Morgan fingerprint density at radius 1 is 0.842 bits per heavy atom. The molecule has 0 unspecified atom stereocenters. The van der Waals surface area contributed by atoms with Gasteiger partial charge in [0.25, 0.3) is 0 Å². The van der Waals surface area contributed by atoms with Gasteiger partial charge in [0.15, 0.2) is 11.5 Å². The molecule has 6 nitrogen and oxygen atoms in total. The Balaban J connectivity index is 1.48. The van der Waals surface area contributed by atoms with Crippen molar-refractivity contribution in [1.82, 2.24) is 14.5 Å². The van der Waals surface area contributed by atoms with E-state index < -0.39 is 0 Å². The van der Waals surface area contributed by atoms with Gasteiger partial charge >= 0.3 is 0 Å². The lowest BCUT2D eigenvalue weighted by molar-refractivity contribution is 0.170. The van der Waals surface area contributed by atoms with E-state index in [0.29, 0.717) is 19.8 Å². The molecule has 1 aliphatic rings. The molecule has 3 aromatic carbocycles. The lowest BCUT2D eigenvalue weighted by Crippen LogP contribution is -2.25. The van der Waals surface area contributed by atoms with E-state index >= 15 is 0 Å². The first kappa shape index (κ1) is 25.9. The van der Waals surface area contributed by atoms with E-state index in [0.717, 1.165) is 66.9 Å². The fraction of sp³-hybridized carbons (Fsp3) is 0.344. The zero-order valence-electron chi connectivity index (χ0n) is 22.7. The van der Waals surface area contributed by atoms with Gasteiger partial charge in [0.05, 0.1) is 18.0 Å². The van der Waals surface area contributed by atoms with Crippen molar-refractivity contribution in [2.75, 3.05) is 19.8 Å². The number of benzene rings is 3. The molecule has 0 saturated carbocycles. The lowest BCUT2D eigenvalue weighted by Gasteiger charge is -2.25. The summed E-state index contributed by atoms with van der Waals surface area (Å²) in [5.74, 6) is 3.59. The van der Waals surface area contributed by atoms with Crippen molar-refractivity contribution in [3.8, 4) is 28.6 Å². The van der Waals surface area contributed by atoms with Crippen molar-refractivity contribution in [3.63, 3.8) is 0 Å². The SMILES string of the molecule is CCCn1c(-c2ccccc2)nc(C)c1CN(Cc1cccc(OCC)c1)Cc1ccc2c(c1)OCCO2. The van der Waals surface area contributed by atoms with Gasteiger partial charge in [-0.05, 0) is 55.7 Å². The third kappa shape index (κ3) is 6.03. The second-order valence-electron chi connectivity index (χ2n) is 9.69. The smallest absolute Gasteiger partial charge is 0.161 e. The summed E-state index contributed by atoms with van der Waals surface area (Å²) >= 11 is 0. The molecule has 1 aliphatic heterocycles. The molecular formula is C32H37N3O3. The number of hydrogen-bond donors (Lipinski definition) is 0. The van der Waals surface area contributed by atoms with Crippen LogP contribution < -0.4 is 14.2 Å². The molecule has 5 rings (SSSR count). The van der Waals surface area contributed by atoms with Crippen LogP contribution in [0.3, 0.4) is 0 Å². The minimum absolute atomic E-state index is 0.585. The van der Waals surface area contributed by atoms with Crippen LogP contribution in [-0.4, -0.2) is 34.3 Å². The topological polar surface area (TPSA) is 48.8 Å². The van der Waals surface area contributed by atoms with E-state index in [1.54, 1.807) is 0 Å². The van der Waals surface area contributed by atoms with Crippen LogP contribution in [0.15, 0.2) is 72.8 Å². The summed E-state index contributed by atoms with van der Waals surface area (Å²) in [7, 11) is 0. The van der Waals surface area contributed by atoms with Gasteiger partial charge in [-0.1, -0.05) is 55.5 Å². The standard InChI is InChI=1S/C32H37N3O3/c1-4-16-35-29(24(3)33-32(35)27-11-7-6-8-12-27)23-34(21-25-10-9-13-28(19-25)36-5-2)22-26-14-15-30-31(20-26)38-18-17-37-30/h6-15,19-20H,4-5,16-18,21-23H2,1-3H3. The van der Waals surface area contributed by atoms with Crippen molar-refractivity contribution >= 4 is 0 Å². The fourth-order valence-corrected chi connectivity index (χ4v) is 5.06. The minimum Gasteiger partial charge on any atom is -0.494 e. The fourth-order valence-electron chi connectivity index (χ4n) is 5.06. The van der Waals surface area contributed by atoms with Crippen LogP contribution >= 0.6 is 0 Å². The van der Waals surface area contributed by atoms with Gasteiger partial charge in [0, 0.05) is 31.7 Å². The monoisotopic (exact) mass is 511 g/mol. The Morgan fingerprint density at radius 3 is 2.37 bits per heavy atom. The summed E-state index contributed by atoms with van der Waals surface area (Å²) in [5.41, 5.74) is 5.89. The van der Waals surface area contributed by atoms with Gasteiger partial charge in [0.2, 0.25) is 0 Å².